The Morgan fingerprint density at radius 1 is 1.42 bits per heavy atom. The summed E-state index contributed by atoms with van der Waals surface area (Å²) in [5, 5.41) is 10.7. The Balaban J connectivity index is 2.97. The summed E-state index contributed by atoms with van der Waals surface area (Å²) >= 11 is 0. The summed E-state index contributed by atoms with van der Waals surface area (Å²) in [4.78, 5) is 35.9. The molecule has 1 aromatic carbocycles. The lowest BCUT2D eigenvalue weighted by Gasteiger charge is -2.27. The molecule has 0 radical (unpaired) electrons. The number of amides is 1. The van der Waals surface area contributed by atoms with Crippen molar-refractivity contribution in [3.05, 3.63) is 45.5 Å². The minimum atomic E-state index is -1.00. The number of benzene rings is 1. The number of rotatable bonds is 8. The first-order chi connectivity index (χ1) is 11.1. The molecule has 0 aliphatic heterocycles. The maximum atomic E-state index is 12.1. The molecule has 0 fully saturated rings. The smallest absolute Gasteiger partial charge is 0.405 e. The molecule has 1 rings (SSSR count). The van der Waals surface area contributed by atoms with Crippen LogP contribution in [0.5, 0.6) is 0 Å². The van der Waals surface area contributed by atoms with E-state index in [1.54, 1.807) is 13.8 Å². The van der Waals surface area contributed by atoms with Gasteiger partial charge in [0.15, 0.2) is 0 Å². The Bertz CT molecular complexity index is 678. The Kier molecular flexibility index (Phi) is 6.31. The van der Waals surface area contributed by atoms with E-state index >= 15 is 0 Å². The van der Waals surface area contributed by atoms with Crippen LogP contribution in [0.4, 0.5) is 10.5 Å². The van der Waals surface area contributed by atoms with E-state index in [1.165, 1.54) is 24.3 Å². The number of primary amides is 1. The van der Waals surface area contributed by atoms with Gasteiger partial charge >= 0.3 is 12.3 Å². The van der Waals surface area contributed by atoms with Crippen LogP contribution in [-0.2, 0) is 16.0 Å². The molecular weight excluding hydrogens is 316 g/mol. The van der Waals surface area contributed by atoms with Gasteiger partial charge in [-0.05, 0) is 32.3 Å². The molecule has 9 nitrogen and oxygen atoms in total. The minimum absolute atomic E-state index is 0.0593. The highest BCUT2D eigenvalue weighted by Gasteiger charge is 2.31. The maximum absolute atomic E-state index is 12.1. The first kappa shape index (κ1) is 19.0. The van der Waals surface area contributed by atoms with E-state index in [1.807, 2.05) is 0 Å². The predicted molar refractivity (Wildman–Crippen MR) is 84.3 cm³/mol. The van der Waals surface area contributed by atoms with E-state index in [4.69, 9.17) is 16.0 Å². The van der Waals surface area contributed by atoms with Crippen molar-refractivity contribution in [3.63, 3.8) is 0 Å². The molecule has 1 aromatic rings. The molecule has 1 atom stereocenters. The van der Waals surface area contributed by atoms with Gasteiger partial charge in [0, 0.05) is 18.1 Å². The maximum Gasteiger partial charge on any atom is 0.405 e. The van der Waals surface area contributed by atoms with Gasteiger partial charge in [0.2, 0.25) is 5.78 Å². The zero-order valence-corrected chi connectivity index (χ0v) is 13.3. The highest BCUT2D eigenvalue weighted by molar-refractivity contribution is 6.26. The first-order valence-electron chi connectivity index (χ1n) is 7.07. The van der Waals surface area contributed by atoms with Crippen LogP contribution < -0.4 is 5.73 Å². The Labute approximate surface area is 138 Å². The molecule has 0 aliphatic rings. The molecule has 0 aliphatic carbocycles. The fourth-order valence-electron chi connectivity index (χ4n) is 2.38. The predicted octanol–water partition coefficient (Wildman–Crippen LogP) is 1.89. The Morgan fingerprint density at radius 3 is 2.46 bits per heavy atom. The number of nitro groups is 1. The summed E-state index contributed by atoms with van der Waals surface area (Å²) in [7, 11) is 0. The topological polar surface area (TPSA) is 149 Å². The third kappa shape index (κ3) is 5.98. The summed E-state index contributed by atoms with van der Waals surface area (Å²) in [6.45, 7) is 3.20. The van der Waals surface area contributed by atoms with Crippen LogP contribution in [0.2, 0.25) is 0 Å². The largest absolute Gasteiger partial charge is 0.444 e. The zero-order valence-electron chi connectivity index (χ0n) is 13.3. The molecule has 1 amide bonds. The lowest BCUT2D eigenvalue weighted by atomic mass is 9.85. The number of hydrogen-bond donors (Lipinski definition) is 1. The average Bonchev–Trinajstić information content (AvgIpc) is 2.45. The molecule has 2 N–H and O–H groups in total. The summed E-state index contributed by atoms with van der Waals surface area (Å²) in [5.41, 5.74) is 13.2. The lowest BCUT2D eigenvalue weighted by Crippen LogP contribution is -2.36. The van der Waals surface area contributed by atoms with Crippen LogP contribution in [0.1, 0.15) is 25.8 Å². The van der Waals surface area contributed by atoms with Crippen molar-refractivity contribution in [2.24, 2.45) is 11.7 Å². The van der Waals surface area contributed by atoms with E-state index in [0.29, 0.717) is 5.56 Å². The van der Waals surface area contributed by atoms with E-state index in [0.717, 1.165) is 6.21 Å². The third-order valence-corrected chi connectivity index (χ3v) is 3.33. The van der Waals surface area contributed by atoms with Gasteiger partial charge in [-0.3, -0.25) is 14.9 Å². The van der Waals surface area contributed by atoms with Gasteiger partial charge in [-0.1, -0.05) is 12.1 Å². The lowest BCUT2D eigenvalue weighted by molar-refractivity contribution is -0.384. The van der Waals surface area contributed by atoms with Crippen molar-refractivity contribution in [3.8, 4) is 0 Å². The van der Waals surface area contributed by atoms with E-state index < -0.39 is 28.3 Å². The second-order valence-electron chi connectivity index (χ2n) is 5.86. The van der Waals surface area contributed by atoms with Gasteiger partial charge in [-0.2, -0.15) is 4.79 Å². The number of carbonyl (C=O) groups is 2. The number of nitrogens with two attached hydrogens (primary N) is 1. The van der Waals surface area contributed by atoms with E-state index in [-0.39, 0.29) is 18.5 Å². The highest BCUT2D eigenvalue weighted by Crippen LogP contribution is 2.25. The van der Waals surface area contributed by atoms with Gasteiger partial charge in [-0.15, -0.1) is 0 Å². The molecule has 24 heavy (non-hydrogen) atoms. The quantitative estimate of drug-likeness (QED) is 0.253. The van der Waals surface area contributed by atoms with E-state index in [2.05, 4.69) is 4.79 Å². The van der Waals surface area contributed by atoms with Gasteiger partial charge in [0.25, 0.3) is 5.69 Å². The monoisotopic (exact) mass is 334 g/mol. The molecule has 0 spiro atoms. The van der Waals surface area contributed by atoms with Crippen LogP contribution in [0.3, 0.4) is 0 Å². The van der Waals surface area contributed by atoms with Gasteiger partial charge in [-0.25, -0.2) is 4.79 Å². The number of ketones is 1. The molecule has 0 bridgehead atoms. The summed E-state index contributed by atoms with van der Waals surface area (Å²) in [6.07, 6.45) is 0.181. The summed E-state index contributed by atoms with van der Waals surface area (Å²) in [5.74, 6) is -1.12. The molecular formula is C15H18N4O5. The van der Waals surface area contributed by atoms with Crippen LogP contribution in [0.25, 0.3) is 5.53 Å². The minimum Gasteiger partial charge on any atom is -0.444 e. The summed E-state index contributed by atoms with van der Waals surface area (Å²) in [6, 6.07) is 5.75. The molecule has 0 heterocycles. The van der Waals surface area contributed by atoms with Crippen LogP contribution >= 0.6 is 0 Å². The second-order valence-corrected chi connectivity index (χ2v) is 5.86. The summed E-state index contributed by atoms with van der Waals surface area (Å²) < 4.78 is 4.98. The van der Waals surface area contributed by atoms with Crippen LogP contribution in [-0.4, -0.2) is 33.4 Å². The molecule has 0 saturated heterocycles. The van der Waals surface area contributed by atoms with Crippen molar-refractivity contribution in [2.45, 2.75) is 32.3 Å². The molecule has 9 heteroatoms. The van der Waals surface area contributed by atoms with Crippen molar-refractivity contribution in [2.75, 3.05) is 0 Å². The van der Waals surface area contributed by atoms with Crippen LogP contribution in [0.15, 0.2) is 24.3 Å². The van der Waals surface area contributed by atoms with Gasteiger partial charge in [0.05, 0.1) is 4.92 Å². The number of carbonyl (C=O) groups excluding carboxylic acids is 2. The first-order valence-corrected chi connectivity index (χ1v) is 7.07. The van der Waals surface area contributed by atoms with Gasteiger partial charge < -0.3 is 16.0 Å². The van der Waals surface area contributed by atoms with E-state index in [9.17, 15) is 19.7 Å². The fourth-order valence-corrected chi connectivity index (χ4v) is 2.38. The molecule has 1 unspecified atom stereocenters. The third-order valence-electron chi connectivity index (χ3n) is 3.33. The molecule has 0 aromatic heterocycles. The van der Waals surface area contributed by atoms with Crippen molar-refractivity contribution < 1.29 is 24.0 Å². The average molecular weight is 334 g/mol. The fraction of sp³-hybridized carbons (Fsp3) is 0.400. The SMILES string of the molecule is CC(C)(CC(Cc1ccc([N+](=O)[O-])cc1)C(=O)C=[N+]=[N-])OC(N)=O. The highest BCUT2D eigenvalue weighted by atomic mass is 16.6. The Morgan fingerprint density at radius 2 is 2.00 bits per heavy atom. The van der Waals surface area contributed by atoms with Crippen molar-refractivity contribution >= 4 is 23.8 Å². The van der Waals surface area contributed by atoms with Crippen LogP contribution in [0, 0.1) is 16.0 Å². The number of ether oxygens (including phenoxy) is 1. The number of Topliss-reactive ketones (excluding diaryl/α,β-unsaturated/α-hetero) is 1. The normalized spacial score (nSPS) is 11.9. The second kappa shape index (κ2) is 7.98. The van der Waals surface area contributed by atoms with Crippen molar-refractivity contribution in [1.82, 2.24) is 0 Å². The van der Waals surface area contributed by atoms with Gasteiger partial charge in [0.1, 0.15) is 5.60 Å². The van der Waals surface area contributed by atoms with Crippen molar-refractivity contribution in [1.29, 1.82) is 0 Å². The number of nitro benzene ring substituents is 1. The standard InChI is InChI=1S/C15H18N4O5/c1-15(2,24-14(16)21)8-11(13(20)9-18-17)7-10-3-5-12(6-4-10)19(22)23/h3-6,9,11H,7-8H2,1-2H3,(H2,16,21). The number of nitrogens with zero attached hydrogens (tertiary/aromatic N) is 3. The Hall–Kier alpha value is -3.06. The zero-order chi connectivity index (χ0) is 18.3. The number of hydrogen-bond acceptors (Lipinski definition) is 5. The molecule has 0 saturated carbocycles. The molecule has 128 valence electrons. The number of non-ortho nitro benzene ring substituents is 1.